The number of benzene rings is 1. The first-order valence-electron chi connectivity index (χ1n) is 5.84. The summed E-state index contributed by atoms with van der Waals surface area (Å²) in [5.41, 5.74) is 1.29. The average molecular weight is 232 g/mol. The van der Waals surface area contributed by atoms with Crippen molar-refractivity contribution < 1.29 is 9.59 Å². The first-order valence-corrected chi connectivity index (χ1v) is 5.84. The molecule has 0 aliphatic carbocycles. The van der Waals surface area contributed by atoms with Crippen molar-refractivity contribution in [2.75, 3.05) is 18.4 Å². The van der Waals surface area contributed by atoms with Gasteiger partial charge in [0, 0.05) is 24.3 Å². The molecular weight excluding hydrogens is 216 g/mol. The van der Waals surface area contributed by atoms with Crippen molar-refractivity contribution in [1.29, 1.82) is 0 Å². The molecule has 1 saturated heterocycles. The molecule has 1 N–H and O–H groups in total. The minimum Gasteiger partial charge on any atom is -0.325 e. The van der Waals surface area contributed by atoms with Gasteiger partial charge in [0.05, 0.1) is 0 Å². The van der Waals surface area contributed by atoms with Crippen LogP contribution in [0.1, 0.15) is 30.1 Å². The fraction of sp³-hybridized carbons (Fsp3) is 0.385. The second-order valence-corrected chi connectivity index (χ2v) is 4.26. The van der Waals surface area contributed by atoms with Gasteiger partial charge in [-0.3, -0.25) is 4.79 Å². The summed E-state index contributed by atoms with van der Waals surface area (Å²) in [6, 6.07) is 6.93. The predicted octanol–water partition coefficient (Wildman–Crippen LogP) is 2.52. The molecular formula is C13H16N2O2. The van der Waals surface area contributed by atoms with Gasteiger partial charge in [-0.15, -0.1) is 0 Å². The molecule has 0 aromatic heterocycles. The van der Waals surface area contributed by atoms with Crippen molar-refractivity contribution >= 4 is 17.5 Å². The largest absolute Gasteiger partial charge is 0.325 e. The van der Waals surface area contributed by atoms with Gasteiger partial charge in [0.2, 0.25) is 0 Å². The number of nitrogens with zero attached hydrogens (tertiary/aromatic N) is 1. The SMILES string of the molecule is CC(=O)c1cccc(NC(=O)N2CCCC2)c1. The summed E-state index contributed by atoms with van der Waals surface area (Å²) < 4.78 is 0. The number of likely N-dealkylation sites (tertiary alicyclic amines) is 1. The lowest BCUT2D eigenvalue weighted by molar-refractivity contribution is 0.101. The highest BCUT2D eigenvalue weighted by molar-refractivity contribution is 5.96. The number of anilines is 1. The molecule has 0 saturated carbocycles. The van der Waals surface area contributed by atoms with E-state index < -0.39 is 0 Å². The van der Waals surface area contributed by atoms with Crippen LogP contribution in [0.5, 0.6) is 0 Å². The number of hydrogen-bond donors (Lipinski definition) is 1. The molecule has 1 fully saturated rings. The van der Waals surface area contributed by atoms with Crippen LogP contribution in [0, 0.1) is 0 Å². The van der Waals surface area contributed by atoms with Crippen LogP contribution >= 0.6 is 0 Å². The third-order valence-corrected chi connectivity index (χ3v) is 2.91. The second kappa shape index (κ2) is 4.99. The minimum atomic E-state index is -0.0804. The quantitative estimate of drug-likeness (QED) is 0.796. The second-order valence-electron chi connectivity index (χ2n) is 4.26. The third kappa shape index (κ3) is 2.84. The zero-order valence-corrected chi connectivity index (χ0v) is 9.90. The van der Waals surface area contributed by atoms with Crippen LogP contribution in [0.3, 0.4) is 0 Å². The van der Waals surface area contributed by atoms with Crippen molar-refractivity contribution in [3.63, 3.8) is 0 Å². The van der Waals surface area contributed by atoms with Gasteiger partial charge in [-0.25, -0.2) is 4.79 Å². The van der Waals surface area contributed by atoms with E-state index in [1.165, 1.54) is 6.92 Å². The van der Waals surface area contributed by atoms with Crippen molar-refractivity contribution in [2.45, 2.75) is 19.8 Å². The van der Waals surface area contributed by atoms with Crippen molar-refractivity contribution in [3.05, 3.63) is 29.8 Å². The zero-order chi connectivity index (χ0) is 12.3. The molecule has 0 spiro atoms. The zero-order valence-electron chi connectivity index (χ0n) is 9.90. The topological polar surface area (TPSA) is 49.4 Å². The van der Waals surface area contributed by atoms with E-state index >= 15 is 0 Å². The molecule has 0 radical (unpaired) electrons. The van der Waals surface area contributed by atoms with E-state index in [4.69, 9.17) is 0 Å². The van der Waals surface area contributed by atoms with Crippen LogP contribution in [-0.4, -0.2) is 29.8 Å². The van der Waals surface area contributed by atoms with Crippen LogP contribution in [-0.2, 0) is 0 Å². The highest BCUT2D eigenvalue weighted by Gasteiger charge is 2.17. The van der Waals surface area contributed by atoms with Crippen LogP contribution in [0.25, 0.3) is 0 Å². The first-order chi connectivity index (χ1) is 8.16. The Morgan fingerprint density at radius 1 is 1.24 bits per heavy atom. The highest BCUT2D eigenvalue weighted by Crippen LogP contribution is 2.14. The Morgan fingerprint density at radius 3 is 2.59 bits per heavy atom. The molecule has 1 aromatic rings. The van der Waals surface area contributed by atoms with E-state index in [1.54, 1.807) is 29.2 Å². The lowest BCUT2D eigenvalue weighted by Gasteiger charge is -2.16. The van der Waals surface area contributed by atoms with E-state index in [0.29, 0.717) is 11.3 Å². The number of carbonyl (C=O) groups excluding carboxylic acids is 2. The van der Waals surface area contributed by atoms with Gasteiger partial charge in [0.25, 0.3) is 0 Å². The van der Waals surface area contributed by atoms with Gasteiger partial charge in [-0.1, -0.05) is 12.1 Å². The van der Waals surface area contributed by atoms with Gasteiger partial charge in [-0.05, 0) is 31.9 Å². The summed E-state index contributed by atoms with van der Waals surface area (Å²) in [4.78, 5) is 24.8. The lowest BCUT2D eigenvalue weighted by atomic mass is 10.1. The van der Waals surface area contributed by atoms with Gasteiger partial charge in [0.1, 0.15) is 0 Å². The molecule has 1 aliphatic rings. The van der Waals surface area contributed by atoms with E-state index in [1.807, 2.05) is 0 Å². The minimum absolute atomic E-state index is 0.00210. The Kier molecular flexibility index (Phi) is 3.42. The number of amides is 2. The molecule has 0 bridgehead atoms. The smallest absolute Gasteiger partial charge is 0.321 e. The molecule has 1 heterocycles. The van der Waals surface area contributed by atoms with Gasteiger partial charge in [0.15, 0.2) is 5.78 Å². The fourth-order valence-electron chi connectivity index (χ4n) is 1.94. The molecule has 2 amide bonds. The Bertz CT molecular complexity index is 437. The van der Waals surface area contributed by atoms with Gasteiger partial charge in [-0.2, -0.15) is 0 Å². The molecule has 0 unspecified atom stereocenters. The van der Waals surface area contributed by atoms with Crippen molar-refractivity contribution in [2.24, 2.45) is 0 Å². The summed E-state index contributed by atoms with van der Waals surface area (Å²) in [6.07, 6.45) is 2.14. The number of carbonyl (C=O) groups is 2. The Labute approximate surface area is 101 Å². The molecule has 17 heavy (non-hydrogen) atoms. The lowest BCUT2D eigenvalue weighted by Crippen LogP contribution is -2.32. The molecule has 4 nitrogen and oxygen atoms in total. The van der Waals surface area contributed by atoms with Crippen molar-refractivity contribution in [3.8, 4) is 0 Å². The Balaban J connectivity index is 2.05. The summed E-state index contributed by atoms with van der Waals surface area (Å²) >= 11 is 0. The summed E-state index contributed by atoms with van der Waals surface area (Å²) in [7, 11) is 0. The first kappa shape index (κ1) is 11.6. The molecule has 1 aromatic carbocycles. The fourth-order valence-corrected chi connectivity index (χ4v) is 1.94. The van der Waals surface area contributed by atoms with Crippen LogP contribution in [0.2, 0.25) is 0 Å². The maximum Gasteiger partial charge on any atom is 0.321 e. The maximum absolute atomic E-state index is 11.8. The van der Waals surface area contributed by atoms with E-state index in [-0.39, 0.29) is 11.8 Å². The molecule has 4 heteroatoms. The molecule has 2 rings (SSSR count). The summed E-state index contributed by atoms with van der Waals surface area (Å²) in [5, 5.41) is 2.81. The summed E-state index contributed by atoms with van der Waals surface area (Å²) in [6.45, 7) is 3.15. The number of rotatable bonds is 2. The maximum atomic E-state index is 11.8. The van der Waals surface area contributed by atoms with Gasteiger partial charge >= 0.3 is 6.03 Å². The van der Waals surface area contributed by atoms with Gasteiger partial charge < -0.3 is 10.2 Å². The van der Waals surface area contributed by atoms with Crippen LogP contribution in [0.4, 0.5) is 10.5 Å². The number of Topliss-reactive ketones (excluding diaryl/α,β-unsaturated/α-hetero) is 1. The Morgan fingerprint density at radius 2 is 1.94 bits per heavy atom. The van der Waals surface area contributed by atoms with E-state index in [0.717, 1.165) is 25.9 Å². The standard InChI is InChI=1S/C13H16N2O2/c1-10(16)11-5-4-6-12(9-11)14-13(17)15-7-2-3-8-15/h4-6,9H,2-3,7-8H2,1H3,(H,14,17). The molecule has 1 aliphatic heterocycles. The van der Waals surface area contributed by atoms with Crippen LogP contribution < -0.4 is 5.32 Å². The number of urea groups is 1. The van der Waals surface area contributed by atoms with Crippen molar-refractivity contribution in [1.82, 2.24) is 4.90 Å². The molecule has 0 atom stereocenters. The van der Waals surface area contributed by atoms with E-state index in [9.17, 15) is 9.59 Å². The van der Waals surface area contributed by atoms with Crippen LogP contribution in [0.15, 0.2) is 24.3 Å². The molecule has 90 valence electrons. The van der Waals surface area contributed by atoms with E-state index in [2.05, 4.69) is 5.32 Å². The predicted molar refractivity (Wildman–Crippen MR) is 66.3 cm³/mol. The number of ketones is 1. The Hall–Kier alpha value is -1.84. The number of nitrogens with one attached hydrogen (secondary N) is 1. The highest BCUT2D eigenvalue weighted by atomic mass is 16.2. The summed E-state index contributed by atoms with van der Waals surface area (Å²) in [5.74, 6) is 0.00210. The average Bonchev–Trinajstić information content (AvgIpc) is 2.82. The monoisotopic (exact) mass is 232 g/mol. The normalized spacial score (nSPS) is 14.8. The third-order valence-electron chi connectivity index (χ3n) is 2.91. The number of hydrogen-bond acceptors (Lipinski definition) is 2.